The van der Waals surface area contributed by atoms with Crippen LogP contribution in [0.3, 0.4) is 0 Å². The van der Waals surface area contributed by atoms with Gasteiger partial charge in [0.2, 0.25) is 5.89 Å². The topological polar surface area (TPSA) is 62.5 Å². The van der Waals surface area contributed by atoms with E-state index in [0.717, 1.165) is 42.8 Å². The van der Waals surface area contributed by atoms with Crippen LogP contribution in [-0.2, 0) is 6.54 Å². The van der Waals surface area contributed by atoms with Gasteiger partial charge in [-0.25, -0.2) is 0 Å². The Hall–Kier alpha value is -1.73. The van der Waals surface area contributed by atoms with Gasteiger partial charge in [0.15, 0.2) is 5.82 Å². The highest BCUT2D eigenvalue weighted by Gasteiger charge is 2.30. The minimum absolute atomic E-state index is 0.144. The summed E-state index contributed by atoms with van der Waals surface area (Å²) in [6.07, 6.45) is 2.34. The summed E-state index contributed by atoms with van der Waals surface area (Å²) in [7, 11) is 0. The van der Waals surface area contributed by atoms with Gasteiger partial charge in [-0.2, -0.15) is 4.98 Å². The Morgan fingerprint density at radius 1 is 1.32 bits per heavy atom. The fourth-order valence-electron chi connectivity index (χ4n) is 2.69. The molecule has 2 aliphatic rings. The molecule has 0 spiro atoms. The third-order valence-corrected chi connectivity index (χ3v) is 5.02. The summed E-state index contributed by atoms with van der Waals surface area (Å²) in [6, 6.07) is 3.81. The smallest absolute Gasteiger partial charge is 0.264 e. The van der Waals surface area contributed by atoms with Crippen molar-refractivity contribution in [2.75, 3.05) is 26.2 Å². The van der Waals surface area contributed by atoms with Gasteiger partial charge in [0.1, 0.15) is 0 Å². The van der Waals surface area contributed by atoms with E-state index in [1.807, 2.05) is 22.4 Å². The quantitative estimate of drug-likeness (QED) is 0.862. The van der Waals surface area contributed by atoms with Crippen LogP contribution in [0, 0.1) is 0 Å². The van der Waals surface area contributed by atoms with Crippen LogP contribution >= 0.6 is 11.3 Å². The molecule has 1 aliphatic heterocycles. The van der Waals surface area contributed by atoms with E-state index in [1.165, 1.54) is 24.2 Å². The molecule has 0 bridgehead atoms. The first-order chi connectivity index (χ1) is 10.8. The lowest BCUT2D eigenvalue weighted by Crippen LogP contribution is -2.48. The van der Waals surface area contributed by atoms with Crippen molar-refractivity contribution in [1.82, 2.24) is 19.9 Å². The highest BCUT2D eigenvalue weighted by Crippen LogP contribution is 2.38. The predicted molar refractivity (Wildman–Crippen MR) is 81.8 cm³/mol. The number of amides is 1. The highest BCUT2D eigenvalue weighted by molar-refractivity contribution is 7.12. The van der Waals surface area contributed by atoms with Crippen LogP contribution < -0.4 is 0 Å². The second-order valence-corrected chi connectivity index (χ2v) is 6.82. The lowest BCUT2D eigenvalue weighted by atomic mass is 10.3. The molecule has 4 rings (SSSR count). The number of aromatic nitrogens is 2. The minimum Gasteiger partial charge on any atom is -0.339 e. The predicted octanol–water partition coefficient (Wildman–Crippen LogP) is 1.97. The van der Waals surface area contributed by atoms with Crippen molar-refractivity contribution in [2.45, 2.75) is 25.3 Å². The van der Waals surface area contributed by atoms with Crippen molar-refractivity contribution in [1.29, 1.82) is 0 Å². The van der Waals surface area contributed by atoms with Crippen LogP contribution in [0.2, 0.25) is 0 Å². The normalized spacial score (nSPS) is 19.5. The van der Waals surface area contributed by atoms with Gasteiger partial charge in [-0.15, -0.1) is 11.3 Å². The molecule has 0 unspecified atom stereocenters. The fourth-order valence-corrected chi connectivity index (χ4v) is 3.38. The van der Waals surface area contributed by atoms with E-state index in [1.54, 1.807) is 0 Å². The zero-order valence-corrected chi connectivity index (χ0v) is 13.1. The van der Waals surface area contributed by atoms with Crippen molar-refractivity contribution >= 4 is 17.2 Å². The first-order valence-corrected chi connectivity index (χ1v) is 8.55. The average molecular weight is 318 g/mol. The van der Waals surface area contributed by atoms with Crippen LogP contribution in [0.1, 0.15) is 40.1 Å². The van der Waals surface area contributed by atoms with Crippen LogP contribution in [0.15, 0.2) is 22.0 Å². The fraction of sp³-hybridized carbons (Fsp3) is 0.533. The average Bonchev–Trinajstić information content (AvgIpc) is 3.06. The molecule has 1 amide bonds. The van der Waals surface area contributed by atoms with Gasteiger partial charge in [0.05, 0.1) is 11.4 Å². The zero-order chi connectivity index (χ0) is 14.9. The van der Waals surface area contributed by atoms with Crippen molar-refractivity contribution in [3.63, 3.8) is 0 Å². The van der Waals surface area contributed by atoms with E-state index in [-0.39, 0.29) is 5.91 Å². The lowest BCUT2D eigenvalue weighted by molar-refractivity contribution is 0.0629. The molecule has 1 saturated heterocycles. The Kier molecular flexibility index (Phi) is 3.67. The van der Waals surface area contributed by atoms with Gasteiger partial charge in [-0.3, -0.25) is 9.69 Å². The molecule has 22 heavy (non-hydrogen) atoms. The van der Waals surface area contributed by atoms with E-state index < -0.39 is 0 Å². The Morgan fingerprint density at radius 2 is 2.14 bits per heavy atom. The Bertz CT molecular complexity index is 642. The molecule has 3 heterocycles. The third-order valence-electron chi connectivity index (χ3n) is 4.17. The summed E-state index contributed by atoms with van der Waals surface area (Å²) in [5, 5.41) is 6.00. The van der Waals surface area contributed by atoms with Crippen LogP contribution in [0.5, 0.6) is 0 Å². The maximum atomic E-state index is 12.3. The van der Waals surface area contributed by atoms with E-state index in [9.17, 15) is 4.79 Å². The number of carbonyl (C=O) groups excluding carboxylic acids is 1. The minimum atomic E-state index is 0.144. The van der Waals surface area contributed by atoms with Gasteiger partial charge in [0.25, 0.3) is 5.91 Å². The number of piperazine rings is 1. The van der Waals surface area contributed by atoms with Gasteiger partial charge in [-0.1, -0.05) is 11.2 Å². The highest BCUT2D eigenvalue weighted by atomic mass is 32.1. The number of hydrogen-bond acceptors (Lipinski definition) is 6. The van der Waals surface area contributed by atoms with E-state index in [0.29, 0.717) is 12.5 Å². The third kappa shape index (κ3) is 2.91. The number of thiophene rings is 1. The second-order valence-electron chi connectivity index (χ2n) is 5.87. The van der Waals surface area contributed by atoms with Gasteiger partial charge >= 0.3 is 0 Å². The lowest BCUT2D eigenvalue weighted by Gasteiger charge is -2.33. The maximum Gasteiger partial charge on any atom is 0.264 e. The van der Waals surface area contributed by atoms with Gasteiger partial charge in [-0.05, 0) is 24.3 Å². The largest absolute Gasteiger partial charge is 0.339 e. The summed E-state index contributed by atoms with van der Waals surface area (Å²) < 4.78 is 5.29. The molecule has 0 N–H and O–H groups in total. The molecule has 6 nitrogen and oxygen atoms in total. The summed E-state index contributed by atoms with van der Waals surface area (Å²) in [4.78, 5) is 21.8. The SMILES string of the molecule is O=C(c1cccs1)N1CCN(Cc2noc(C3CC3)n2)CC1. The summed E-state index contributed by atoms with van der Waals surface area (Å²) in [6.45, 7) is 3.92. The number of nitrogens with zero attached hydrogens (tertiary/aromatic N) is 4. The maximum absolute atomic E-state index is 12.3. The van der Waals surface area contributed by atoms with Crippen LogP contribution in [0.4, 0.5) is 0 Å². The molecular weight excluding hydrogens is 300 g/mol. The Labute approximate surface area is 132 Å². The first kappa shape index (κ1) is 13.9. The van der Waals surface area contributed by atoms with Crippen LogP contribution in [0.25, 0.3) is 0 Å². The Morgan fingerprint density at radius 3 is 2.82 bits per heavy atom. The van der Waals surface area contributed by atoms with Gasteiger partial charge in [0, 0.05) is 32.1 Å². The first-order valence-electron chi connectivity index (χ1n) is 7.67. The van der Waals surface area contributed by atoms with Crippen molar-refractivity contribution in [2.24, 2.45) is 0 Å². The molecule has 0 radical (unpaired) electrons. The molecule has 2 aromatic rings. The molecule has 1 aliphatic carbocycles. The van der Waals surface area contributed by atoms with Crippen molar-refractivity contribution in [3.05, 3.63) is 34.1 Å². The second kappa shape index (κ2) is 5.81. The molecule has 0 aromatic carbocycles. The number of rotatable bonds is 4. The number of carbonyl (C=O) groups is 1. The van der Waals surface area contributed by atoms with E-state index >= 15 is 0 Å². The summed E-state index contributed by atoms with van der Waals surface area (Å²) in [5.74, 6) is 2.20. The zero-order valence-electron chi connectivity index (χ0n) is 12.3. The molecule has 2 aromatic heterocycles. The molecule has 1 saturated carbocycles. The van der Waals surface area contributed by atoms with E-state index in [2.05, 4.69) is 15.0 Å². The standard InChI is InChI=1S/C15H18N4O2S/c20-15(12-2-1-9-22-12)19-7-5-18(6-8-19)10-13-16-14(21-17-13)11-3-4-11/h1-2,9,11H,3-8,10H2. The van der Waals surface area contributed by atoms with Gasteiger partial charge < -0.3 is 9.42 Å². The number of hydrogen-bond donors (Lipinski definition) is 0. The summed E-state index contributed by atoms with van der Waals surface area (Å²) >= 11 is 1.50. The van der Waals surface area contributed by atoms with Crippen molar-refractivity contribution < 1.29 is 9.32 Å². The molecule has 0 atom stereocenters. The molecule has 7 heteroatoms. The Balaban J connectivity index is 1.30. The van der Waals surface area contributed by atoms with Crippen molar-refractivity contribution in [3.8, 4) is 0 Å². The van der Waals surface area contributed by atoms with Crippen LogP contribution in [-0.4, -0.2) is 52.0 Å². The molecule has 116 valence electrons. The molecular formula is C15H18N4O2S. The summed E-state index contributed by atoms with van der Waals surface area (Å²) in [5.41, 5.74) is 0. The monoisotopic (exact) mass is 318 g/mol. The van der Waals surface area contributed by atoms with E-state index in [4.69, 9.17) is 4.52 Å². The molecule has 2 fully saturated rings.